The van der Waals surface area contributed by atoms with Gasteiger partial charge in [0.2, 0.25) is 5.91 Å². The van der Waals surface area contributed by atoms with Crippen LogP contribution in [0.1, 0.15) is 55.2 Å². The van der Waals surface area contributed by atoms with Gasteiger partial charge >= 0.3 is 0 Å². The van der Waals surface area contributed by atoms with Crippen LogP contribution < -0.4 is 0 Å². The lowest BCUT2D eigenvalue weighted by atomic mass is 9.72. The lowest BCUT2D eigenvalue weighted by Crippen LogP contribution is -2.52. The SMILES string of the molecule is Cc1ccc(CN2CCC3(CCC(=O)N(C4CC4)C3)CC2)cc1C. The normalized spacial score (nSPS) is 24.6. The summed E-state index contributed by atoms with van der Waals surface area (Å²) in [5.74, 6) is 0.417. The van der Waals surface area contributed by atoms with E-state index in [0.717, 1.165) is 25.9 Å². The Morgan fingerprint density at radius 3 is 2.50 bits per heavy atom. The van der Waals surface area contributed by atoms with Crippen LogP contribution in [0.15, 0.2) is 18.2 Å². The number of aryl methyl sites for hydroxylation is 2. The molecule has 0 aromatic heterocycles. The fourth-order valence-electron chi connectivity index (χ4n) is 4.52. The molecule has 0 bridgehead atoms. The maximum atomic E-state index is 12.2. The van der Waals surface area contributed by atoms with Crippen molar-refractivity contribution in [1.29, 1.82) is 0 Å². The predicted octanol–water partition coefficient (Wildman–Crippen LogP) is 3.67. The highest BCUT2D eigenvalue weighted by Crippen LogP contribution is 2.43. The molecule has 2 saturated heterocycles. The van der Waals surface area contributed by atoms with Crippen molar-refractivity contribution >= 4 is 5.91 Å². The van der Waals surface area contributed by atoms with Crippen LogP contribution in [0, 0.1) is 19.3 Å². The van der Waals surface area contributed by atoms with Crippen LogP contribution in [0.2, 0.25) is 0 Å². The number of rotatable bonds is 3. The molecule has 1 aromatic carbocycles. The van der Waals surface area contributed by atoms with Gasteiger partial charge < -0.3 is 4.90 Å². The highest BCUT2D eigenvalue weighted by Gasteiger charge is 2.44. The molecule has 0 atom stereocenters. The summed E-state index contributed by atoms with van der Waals surface area (Å²) in [4.78, 5) is 17.0. The molecule has 3 aliphatic rings. The number of amides is 1. The Balaban J connectivity index is 1.36. The molecule has 1 aliphatic carbocycles. The van der Waals surface area contributed by atoms with Crippen LogP contribution in [0.3, 0.4) is 0 Å². The lowest BCUT2D eigenvalue weighted by molar-refractivity contribution is -0.139. The van der Waals surface area contributed by atoms with Gasteiger partial charge in [0.25, 0.3) is 0 Å². The third kappa shape index (κ3) is 3.23. The maximum absolute atomic E-state index is 12.2. The Labute approximate surface area is 146 Å². The standard InChI is InChI=1S/C21H30N2O/c1-16-3-4-18(13-17(16)2)14-22-11-9-21(10-12-22)8-7-20(24)23(15-21)19-5-6-19/h3-4,13,19H,5-12,14-15H2,1-2H3. The third-order valence-electron chi connectivity index (χ3n) is 6.58. The van der Waals surface area contributed by atoms with E-state index in [0.29, 0.717) is 17.4 Å². The predicted molar refractivity (Wildman–Crippen MR) is 96.8 cm³/mol. The fraction of sp³-hybridized carbons (Fsp3) is 0.667. The topological polar surface area (TPSA) is 23.6 Å². The fourth-order valence-corrected chi connectivity index (χ4v) is 4.52. The van der Waals surface area contributed by atoms with E-state index in [-0.39, 0.29) is 0 Å². The van der Waals surface area contributed by atoms with E-state index in [1.165, 1.54) is 55.5 Å². The van der Waals surface area contributed by atoms with Gasteiger partial charge in [-0.1, -0.05) is 18.2 Å². The summed E-state index contributed by atoms with van der Waals surface area (Å²) in [6, 6.07) is 7.45. The van der Waals surface area contributed by atoms with Crippen LogP contribution in [0.4, 0.5) is 0 Å². The molecule has 24 heavy (non-hydrogen) atoms. The quantitative estimate of drug-likeness (QED) is 0.846. The highest BCUT2D eigenvalue weighted by atomic mass is 16.2. The molecule has 1 amide bonds. The minimum Gasteiger partial charge on any atom is -0.339 e. The number of piperidine rings is 2. The molecule has 3 fully saturated rings. The summed E-state index contributed by atoms with van der Waals surface area (Å²) in [5.41, 5.74) is 4.62. The van der Waals surface area contributed by atoms with E-state index in [1.807, 2.05) is 0 Å². The number of carbonyl (C=O) groups excluding carboxylic acids is 1. The number of hydrogen-bond donors (Lipinski definition) is 0. The van der Waals surface area contributed by atoms with E-state index < -0.39 is 0 Å². The van der Waals surface area contributed by atoms with Crippen LogP contribution in [0.25, 0.3) is 0 Å². The van der Waals surface area contributed by atoms with Gasteiger partial charge in [0.05, 0.1) is 0 Å². The van der Waals surface area contributed by atoms with Crippen molar-refractivity contribution in [2.45, 2.75) is 65.0 Å². The summed E-state index contributed by atoms with van der Waals surface area (Å²) < 4.78 is 0. The largest absolute Gasteiger partial charge is 0.339 e. The molecule has 1 saturated carbocycles. The van der Waals surface area contributed by atoms with E-state index in [4.69, 9.17) is 0 Å². The molecule has 1 aromatic rings. The molecule has 130 valence electrons. The molecule has 0 unspecified atom stereocenters. The van der Waals surface area contributed by atoms with Crippen molar-refractivity contribution in [1.82, 2.24) is 9.80 Å². The first kappa shape index (κ1) is 16.1. The molecule has 1 spiro atoms. The summed E-state index contributed by atoms with van der Waals surface area (Å²) in [7, 11) is 0. The van der Waals surface area contributed by atoms with Crippen LogP contribution >= 0.6 is 0 Å². The summed E-state index contributed by atoms with van der Waals surface area (Å²) in [6.07, 6.45) is 6.89. The monoisotopic (exact) mass is 326 g/mol. The minimum atomic E-state index is 0.413. The Hall–Kier alpha value is -1.35. The second kappa shape index (κ2) is 6.18. The first-order chi connectivity index (χ1) is 11.5. The van der Waals surface area contributed by atoms with Gasteiger partial charge in [0.15, 0.2) is 0 Å². The van der Waals surface area contributed by atoms with Crippen molar-refractivity contribution in [2.75, 3.05) is 19.6 Å². The van der Waals surface area contributed by atoms with Gasteiger partial charge in [-0.3, -0.25) is 9.69 Å². The summed E-state index contributed by atoms with van der Waals surface area (Å²) >= 11 is 0. The smallest absolute Gasteiger partial charge is 0.222 e. The van der Waals surface area contributed by atoms with E-state index in [1.54, 1.807) is 0 Å². The average molecular weight is 326 g/mol. The number of carbonyl (C=O) groups is 1. The van der Waals surface area contributed by atoms with Gasteiger partial charge in [-0.2, -0.15) is 0 Å². The molecule has 2 heterocycles. The number of hydrogen-bond acceptors (Lipinski definition) is 2. The Morgan fingerprint density at radius 1 is 1.08 bits per heavy atom. The first-order valence-corrected chi connectivity index (χ1v) is 9.63. The number of nitrogens with zero attached hydrogens (tertiary/aromatic N) is 2. The van der Waals surface area contributed by atoms with Crippen molar-refractivity contribution in [3.8, 4) is 0 Å². The van der Waals surface area contributed by atoms with Crippen molar-refractivity contribution in [3.05, 3.63) is 34.9 Å². The zero-order valence-corrected chi connectivity index (χ0v) is 15.2. The van der Waals surface area contributed by atoms with Gasteiger partial charge in [-0.25, -0.2) is 0 Å². The van der Waals surface area contributed by atoms with E-state index >= 15 is 0 Å². The van der Waals surface area contributed by atoms with Gasteiger partial charge in [0.1, 0.15) is 0 Å². The number of likely N-dealkylation sites (tertiary alicyclic amines) is 2. The average Bonchev–Trinajstić information content (AvgIpc) is 3.41. The van der Waals surface area contributed by atoms with Crippen LogP contribution in [0.5, 0.6) is 0 Å². The van der Waals surface area contributed by atoms with Gasteiger partial charge in [0, 0.05) is 25.6 Å². The maximum Gasteiger partial charge on any atom is 0.222 e. The lowest BCUT2D eigenvalue weighted by Gasteiger charge is -2.47. The molecule has 2 aliphatic heterocycles. The zero-order valence-electron chi connectivity index (χ0n) is 15.2. The highest BCUT2D eigenvalue weighted by molar-refractivity contribution is 5.77. The Bertz CT molecular complexity index is 627. The Morgan fingerprint density at radius 2 is 1.83 bits per heavy atom. The molecule has 0 radical (unpaired) electrons. The molecule has 0 N–H and O–H groups in total. The van der Waals surface area contributed by atoms with Crippen molar-refractivity contribution < 1.29 is 4.79 Å². The van der Waals surface area contributed by atoms with Gasteiger partial charge in [-0.15, -0.1) is 0 Å². The molecule has 4 rings (SSSR count). The van der Waals surface area contributed by atoms with Crippen molar-refractivity contribution in [3.63, 3.8) is 0 Å². The van der Waals surface area contributed by atoms with Crippen LogP contribution in [-0.2, 0) is 11.3 Å². The minimum absolute atomic E-state index is 0.413. The molecule has 3 heteroatoms. The summed E-state index contributed by atoms with van der Waals surface area (Å²) in [5, 5.41) is 0. The zero-order chi connectivity index (χ0) is 16.7. The Kier molecular flexibility index (Phi) is 4.16. The van der Waals surface area contributed by atoms with E-state index in [2.05, 4.69) is 41.8 Å². The molecule has 3 nitrogen and oxygen atoms in total. The molecular formula is C21H30N2O. The van der Waals surface area contributed by atoms with Crippen LogP contribution in [-0.4, -0.2) is 41.4 Å². The summed E-state index contributed by atoms with van der Waals surface area (Å²) in [6.45, 7) is 8.85. The molecular weight excluding hydrogens is 296 g/mol. The second-order valence-corrected chi connectivity index (χ2v) is 8.45. The van der Waals surface area contributed by atoms with Crippen molar-refractivity contribution in [2.24, 2.45) is 5.41 Å². The van der Waals surface area contributed by atoms with Gasteiger partial charge in [-0.05, 0) is 81.1 Å². The first-order valence-electron chi connectivity index (χ1n) is 9.63. The number of benzene rings is 1. The van der Waals surface area contributed by atoms with E-state index in [9.17, 15) is 4.79 Å². The third-order valence-corrected chi connectivity index (χ3v) is 6.58. The second-order valence-electron chi connectivity index (χ2n) is 8.45.